The van der Waals surface area contributed by atoms with Gasteiger partial charge in [-0.3, -0.25) is 0 Å². The van der Waals surface area contributed by atoms with Crippen LogP contribution in [0.5, 0.6) is 0 Å². The molecule has 0 saturated carbocycles. The van der Waals surface area contributed by atoms with Crippen molar-refractivity contribution in [2.75, 3.05) is 31.6 Å². The van der Waals surface area contributed by atoms with E-state index in [9.17, 15) is 9.18 Å². The summed E-state index contributed by atoms with van der Waals surface area (Å²) in [6, 6.07) is 5.11. The van der Waals surface area contributed by atoms with Crippen LogP contribution in [0, 0.1) is 5.82 Å². The molecule has 1 saturated heterocycles. The first kappa shape index (κ1) is 12.3. The maximum Gasteiger partial charge on any atom is 0.409 e. The smallest absolute Gasteiger partial charge is 0.409 e. The van der Waals surface area contributed by atoms with Crippen LogP contribution in [0.3, 0.4) is 0 Å². The SMILES string of the molecule is CCOC(=O)N1CC2c3cc(F)ccc3N(C)C2C1. The second kappa shape index (κ2) is 4.40. The van der Waals surface area contributed by atoms with Gasteiger partial charge in [0.05, 0.1) is 12.6 Å². The number of ether oxygens (including phenoxy) is 1. The van der Waals surface area contributed by atoms with Crippen LogP contribution in [0.25, 0.3) is 0 Å². The minimum atomic E-state index is -0.275. The number of hydrogen-bond donors (Lipinski definition) is 0. The third-order valence-electron chi connectivity index (χ3n) is 4.08. The van der Waals surface area contributed by atoms with Gasteiger partial charge in [0.2, 0.25) is 0 Å². The number of nitrogens with zero attached hydrogens (tertiary/aromatic N) is 2. The molecule has 2 atom stereocenters. The molecular weight excluding hydrogens is 247 g/mol. The molecule has 0 bridgehead atoms. The molecule has 4 nitrogen and oxygen atoms in total. The molecule has 0 N–H and O–H groups in total. The number of carbonyl (C=O) groups is 1. The lowest BCUT2D eigenvalue weighted by atomic mass is 9.98. The van der Waals surface area contributed by atoms with E-state index in [2.05, 4.69) is 4.90 Å². The normalized spacial score (nSPS) is 24.4. The van der Waals surface area contributed by atoms with Crippen LogP contribution in [0.4, 0.5) is 14.9 Å². The molecule has 1 aromatic carbocycles. The van der Waals surface area contributed by atoms with E-state index < -0.39 is 0 Å². The standard InChI is InChI=1S/C14H17FN2O2/c1-3-19-14(18)17-7-11-10-6-9(15)4-5-12(10)16(2)13(11)8-17/h4-6,11,13H,3,7-8H2,1-2H3. The van der Waals surface area contributed by atoms with Gasteiger partial charge in [-0.2, -0.15) is 0 Å². The van der Waals surface area contributed by atoms with Crippen LogP contribution >= 0.6 is 0 Å². The van der Waals surface area contributed by atoms with Gasteiger partial charge in [0, 0.05) is 31.7 Å². The number of likely N-dealkylation sites (tertiary alicyclic amines) is 1. The van der Waals surface area contributed by atoms with E-state index in [1.807, 2.05) is 13.1 Å². The lowest BCUT2D eigenvalue weighted by Gasteiger charge is -2.23. The number of halogens is 1. The van der Waals surface area contributed by atoms with Crippen molar-refractivity contribution in [3.8, 4) is 0 Å². The second-order valence-electron chi connectivity index (χ2n) is 5.09. The Bertz CT molecular complexity index is 520. The first-order chi connectivity index (χ1) is 9.11. The number of rotatable bonds is 1. The van der Waals surface area contributed by atoms with E-state index >= 15 is 0 Å². The van der Waals surface area contributed by atoms with E-state index in [-0.39, 0.29) is 23.9 Å². The second-order valence-corrected chi connectivity index (χ2v) is 5.09. The predicted octanol–water partition coefficient (Wildman–Crippen LogP) is 2.20. The van der Waals surface area contributed by atoms with Crippen LogP contribution in [0.2, 0.25) is 0 Å². The summed E-state index contributed by atoms with van der Waals surface area (Å²) >= 11 is 0. The van der Waals surface area contributed by atoms with Crippen LogP contribution in [-0.2, 0) is 4.74 Å². The number of anilines is 1. The zero-order valence-electron chi connectivity index (χ0n) is 11.1. The van der Waals surface area contributed by atoms with E-state index in [0.717, 1.165) is 11.3 Å². The monoisotopic (exact) mass is 264 g/mol. The zero-order chi connectivity index (χ0) is 13.6. The highest BCUT2D eigenvalue weighted by Crippen LogP contribution is 2.44. The highest BCUT2D eigenvalue weighted by Gasteiger charge is 2.45. The molecule has 0 aliphatic carbocycles. The van der Waals surface area contributed by atoms with Gasteiger partial charge in [0.1, 0.15) is 5.82 Å². The maximum absolute atomic E-state index is 13.4. The molecule has 0 radical (unpaired) electrons. The number of hydrogen-bond acceptors (Lipinski definition) is 3. The Morgan fingerprint density at radius 1 is 1.47 bits per heavy atom. The number of carbonyl (C=O) groups excluding carboxylic acids is 1. The lowest BCUT2D eigenvalue weighted by molar-refractivity contribution is 0.115. The van der Waals surface area contributed by atoms with Crippen molar-refractivity contribution in [2.24, 2.45) is 0 Å². The molecule has 2 heterocycles. The summed E-state index contributed by atoms with van der Waals surface area (Å²) in [5.74, 6) is -0.0394. The number of fused-ring (bicyclic) bond motifs is 3. The molecular formula is C14H17FN2O2. The summed E-state index contributed by atoms with van der Waals surface area (Å²) in [4.78, 5) is 15.6. The molecule has 2 aliphatic heterocycles. The van der Waals surface area contributed by atoms with E-state index in [4.69, 9.17) is 4.74 Å². The highest BCUT2D eigenvalue weighted by molar-refractivity contribution is 5.71. The quantitative estimate of drug-likeness (QED) is 0.779. The Balaban J connectivity index is 1.86. The van der Waals surface area contributed by atoms with Gasteiger partial charge in [-0.25, -0.2) is 9.18 Å². The Morgan fingerprint density at radius 3 is 3.00 bits per heavy atom. The minimum absolute atomic E-state index is 0.181. The molecule has 0 spiro atoms. The average molecular weight is 264 g/mol. The van der Waals surface area contributed by atoms with Crippen molar-refractivity contribution in [1.82, 2.24) is 4.90 Å². The lowest BCUT2D eigenvalue weighted by Crippen LogP contribution is -2.35. The summed E-state index contributed by atoms with van der Waals surface area (Å²) in [7, 11) is 2.00. The average Bonchev–Trinajstić information content (AvgIpc) is 2.91. The van der Waals surface area contributed by atoms with Gasteiger partial charge >= 0.3 is 6.09 Å². The summed E-state index contributed by atoms with van der Waals surface area (Å²) in [6.07, 6.45) is -0.275. The zero-order valence-corrected chi connectivity index (χ0v) is 11.1. The van der Waals surface area contributed by atoms with Gasteiger partial charge in [-0.1, -0.05) is 0 Å². The molecule has 2 aliphatic rings. The first-order valence-electron chi connectivity index (χ1n) is 6.55. The number of likely N-dealkylation sites (N-methyl/N-ethyl adjacent to an activating group) is 1. The summed E-state index contributed by atoms with van der Waals surface area (Å²) in [5.41, 5.74) is 2.07. The van der Waals surface area contributed by atoms with Gasteiger partial charge in [0.15, 0.2) is 0 Å². The van der Waals surface area contributed by atoms with Crippen LogP contribution < -0.4 is 4.90 Å². The molecule has 1 amide bonds. The topological polar surface area (TPSA) is 32.8 Å². The molecule has 5 heteroatoms. The third kappa shape index (κ3) is 1.84. The van der Waals surface area contributed by atoms with Gasteiger partial charge in [-0.05, 0) is 30.7 Å². The first-order valence-corrected chi connectivity index (χ1v) is 6.55. The van der Waals surface area contributed by atoms with Crippen LogP contribution in [0.1, 0.15) is 18.4 Å². The fraction of sp³-hybridized carbons (Fsp3) is 0.500. The molecule has 3 rings (SSSR count). The molecule has 102 valence electrons. The third-order valence-corrected chi connectivity index (χ3v) is 4.08. The van der Waals surface area contributed by atoms with Gasteiger partial charge in [-0.15, -0.1) is 0 Å². The van der Waals surface area contributed by atoms with Crippen molar-refractivity contribution in [3.05, 3.63) is 29.6 Å². The Morgan fingerprint density at radius 2 is 2.26 bits per heavy atom. The van der Waals surface area contributed by atoms with E-state index in [0.29, 0.717) is 19.7 Å². The fourth-order valence-corrected chi connectivity index (χ4v) is 3.17. The van der Waals surface area contributed by atoms with Gasteiger partial charge in [0.25, 0.3) is 0 Å². The van der Waals surface area contributed by atoms with Gasteiger partial charge < -0.3 is 14.5 Å². The van der Waals surface area contributed by atoms with Crippen LogP contribution in [-0.4, -0.2) is 43.8 Å². The highest BCUT2D eigenvalue weighted by atomic mass is 19.1. The molecule has 0 aromatic heterocycles. The van der Waals surface area contributed by atoms with Crippen molar-refractivity contribution in [2.45, 2.75) is 18.9 Å². The Labute approximate surface area is 111 Å². The minimum Gasteiger partial charge on any atom is -0.450 e. The number of benzene rings is 1. The summed E-state index contributed by atoms with van der Waals surface area (Å²) < 4.78 is 18.4. The van der Waals surface area contributed by atoms with E-state index in [1.165, 1.54) is 6.07 Å². The Hall–Kier alpha value is -1.78. The van der Waals surface area contributed by atoms with E-state index in [1.54, 1.807) is 17.9 Å². The molecule has 1 aromatic rings. The van der Waals surface area contributed by atoms with Crippen molar-refractivity contribution >= 4 is 11.8 Å². The largest absolute Gasteiger partial charge is 0.450 e. The van der Waals surface area contributed by atoms with Crippen molar-refractivity contribution in [3.63, 3.8) is 0 Å². The molecule has 2 unspecified atom stereocenters. The predicted molar refractivity (Wildman–Crippen MR) is 69.9 cm³/mol. The number of amides is 1. The summed E-state index contributed by atoms with van der Waals surface area (Å²) in [5, 5.41) is 0. The van der Waals surface area contributed by atoms with Crippen molar-refractivity contribution < 1.29 is 13.9 Å². The molecule has 1 fully saturated rings. The molecule has 19 heavy (non-hydrogen) atoms. The van der Waals surface area contributed by atoms with Crippen LogP contribution in [0.15, 0.2) is 18.2 Å². The maximum atomic E-state index is 13.4. The van der Waals surface area contributed by atoms with Crippen molar-refractivity contribution in [1.29, 1.82) is 0 Å². The summed E-state index contributed by atoms with van der Waals surface area (Å²) in [6.45, 7) is 3.41. The Kier molecular flexibility index (Phi) is 2.84. The fourth-order valence-electron chi connectivity index (χ4n) is 3.17.